The van der Waals surface area contributed by atoms with Crippen LogP contribution in [-0.4, -0.2) is 24.5 Å². The van der Waals surface area contributed by atoms with Gasteiger partial charge in [0.1, 0.15) is 0 Å². The Balaban J connectivity index is 2.60. The molecule has 102 valence electrons. The van der Waals surface area contributed by atoms with Crippen molar-refractivity contribution >= 4 is 0 Å². The zero-order valence-corrected chi connectivity index (χ0v) is 12.5. The Morgan fingerprint density at radius 2 is 1.72 bits per heavy atom. The summed E-state index contributed by atoms with van der Waals surface area (Å²) in [7, 11) is 2.21. The van der Waals surface area contributed by atoms with Gasteiger partial charge in [-0.05, 0) is 36.9 Å². The highest BCUT2D eigenvalue weighted by Crippen LogP contribution is 2.23. The Morgan fingerprint density at radius 1 is 1.17 bits per heavy atom. The Bertz CT molecular complexity index is 366. The number of benzene rings is 1. The molecule has 0 bridgehead atoms. The van der Waals surface area contributed by atoms with Gasteiger partial charge >= 0.3 is 0 Å². The lowest BCUT2D eigenvalue weighted by Crippen LogP contribution is -2.40. The minimum absolute atomic E-state index is 0.322. The van der Waals surface area contributed by atoms with Gasteiger partial charge in [0.05, 0.1) is 0 Å². The lowest BCUT2D eigenvalue weighted by Gasteiger charge is -2.35. The van der Waals surface area contributed by atoms with Crippen molar-refractivity contribution in [1.29, 1.82) is 0 Å². The van der Waals surface area contributed by atoms with E-state index in [0.717, 1.165) is 13.0 Å². The second-order valence-electron chi connectivity index (χ2n) is 6.25. The molecule has 0 spiro atoms. The van der Waals surface area contributed by atoms with Crippen LogP contribution in [0.1, 0.15) is 38.8 Å². The van der Waals surface area contributed by atoms with E-state index in [1.807, 2.05) is 0 Å². The molecule has 0 radical (unpaired) electrons. The monoisotopic (exact) mass is 248 g/mol. The van der Waals surface area contributed by atoms with Gasteiger partial charge in [0, 0.05) is 19.1 Å². The van der Waals surface area contributed by atoms with Crippen molar-refractivity contribution in [2.75, 3.05) is 13.6 Å². The van der Waals surface area contributed by atoms with Gasteiger partial charge in [-0.15, -0.1) is 0 Å². The zero-order valence-electron chi connectivity index (χ0n) is 12.5. The standard InChI is InChI=1S/C16H28N2/c1-13(16(2,3)4)18(5)11-10-14-8-6-7-9-15(14)12-17/h6-9,13H,10-12,17H2,1-5H3. The number of nitrogens with zero attached hydrogens (tertiary/aromatic N) is 1. The second kappa shape index (κ2) is 6.35. The van der Waals surface area contributed by atoms with Crippen LogP contribution in [0, 0.1) is 5.41 Å². The molecular formula is C16H28N2. The summed E-state index contributed by atoms with van der Waals surface area (Å²) in [4.78, 5) is 2.44. The van der Waals surface area contributed by atoms with Crippen LogP contribution in [0.4, 0.5) is 0 Å². The van der Waals surface area contributed by atoms with Crippen molar-refractivity contribution in [3.05, 3.63) is 35.4 Å². The number of hydrogen-bond acceptors (Lipinski definition) is 2. The highest BCUT2D eigenvalue weighted by atomic mass is 15.1. The van der Waals surface area contributed by atoms with E-state index < -0.39 is 0 Å². The fraction of sp³-hybridized carbons (Fsp3) is 0.625. The maximum absolute atomic E-state index is 5.77. The lowest BCUT2D eigenvalue weighted by molar-refractivity contribution is 0.142. The fourth-order valence-electron chi connectivity index (χ4n) is 2.15. The first-order valence-electron chi connectivity index (χ1n) is 6.83. The second-order valence-corrected chi connectivity index (χ2v) is 6.25. The quantitative estimate of drug-likeness (QED) is 0.868. The van der Waals surface area contributed by atoms with Crippen LogP contribution in [0.15, 0.2) is 24.3 Å². The van der Waals surface area contributed by atoms with Crippen molar-refractivity contribution in [3.63, 3.8) is 0 Å². The van der Waals surface area contributed by atoms with Crippen LogP contribution in [0.2, 0.25) is 0 Å². The van der Waals surface area contributed by atoms with E-state index in [4.69, 9.17) is 5.73 Å². The molecule has 0 heterocycles. The van der Waals surface area contributed by atoms with Crippen LogP contribution >= 0.6 is 0 Å². The molecule has 0 aliphatic carbocycles. The fourth-order valence-corrected chi connectivity index (χ4v) is 2.15. The molecule has 2 heteroatoms. The highest BCUT2D eigenvalue weighted by Gasteiger charge is 2.23. The van der Waals surface area contributed by atoms with E-state index >= 15 is 0 Å². The maximum atomic E-state index is 5.77. The maximum Gasteiger partial charge on any atom is 0.0180 e. The number of hydrogen-bond donors (Lipinski definition) is 1. The van der Waals surface area contributed by atoms with Crippen molar-refractivity contribution in [3.8, 4) is 0 Å². The molecule has 0 amide bonds. The minimum Gasteiger partial charge on any atom is -0.326 e. The van der Waals surface area contributed by atoms with Gasteiger partial charge in [0.25, 0.3) is 0 Å². The number of nitrogens with two attached hydrogens (primary N) is 1. The van der Waals surface area contributed by atoms with Gasteiger partial charge in [0.2, 0.25) is 0 Å². The third-order valence-corrected chi connectivity index (χ3v) is 3.99. The SMILES string of the molecule is CC(N(C)CCc1ccccc1CN)C(C)(C)C. The molecule has 1 aromatic rings. The van der Waals surface area contributed by atoms with E-state index in [2.05, 4.69) is 63.9 Å². The zero-order chi connectivity index (χ0) is 13.8. The van der Waals surface area contributed by atoms with Crippen molar-refractivity contribution in [2.45, 2.75) is 46.7 Å². The third kappa shape index (κ3) is 4.11. The van der Waals surface area contributed by atoms with Gasteiger partial charge < -0.3 is 10.6 Å². The number of rotatable bonds is 5. The molecule has 2 nitrogen and oxygen atoms in total. The molecular weight excluding hydrogens is 220 g/mol. The van der Waals surface area contributed by atoms with Gasteiger partial charge in [-0.25, -0.2) is 0 Å². The molecule has 0 fully saturated rings. The molecule has 1 rings (SSSR count). The topological polar surface area (TPSA) is 29.3 Å². The summed E-state index contributed by atoms with van der Waals surface area (Å²) in [6, 6.07) is 9.05. The minimum atomic E-state index is 0.322. The summed E-state index contributed by atoms with van der Waals surface area (Å²) >= 11 is 0. The summed E-state index contributed by atoms with van der Waals surface area (Å²) in [5, 5.41) is 0. The first-order valence-corrected chi connectivity index (χ1v) is 6.83. The van der Waals surface area contributed by atoms with Crippen molar-refractivity contribution in [2.24, 2.45) is 11.1 Å². The van der Waals surface area contributed by atoms with E-state index in [9.17, 15) is 0 Å². The van der Waals surface area contributed by atoms with E-state index in [0.29, 0.717) is 18.0 Å². The van der Waals surface area contributed by atoms with Crippen LogP contribution in [0.3, 0.4) is 0 Å². The third-order valence-electron chi connectivity index (χ3n) is 3.99. The van der Waals surface area contributed by atoms with Crippen LogP contribution in [-0.2, 0) is 13.0 Å². The van der Waals surface area contributed by atoms with Crippen LogP contribution in [0.25, 0.3) is 0 Å². The predicted molar refractivity (Wildman–Crippen MR) is 79.6 cm³/mol. The largest absolute Gasteiger partial charge is 0.326 e. The average Bonchev–Trinajstić information content (AvgIpc) is 2.34. The summed E-state index contributed by atoms with van der Waals surface area (Å²) in [6.45, 7) is 10.9. The van der Waals surface area contributed by atoms with Gasteiger partial charge in [-0.3, -0.25) is 0 Å². The summed E-state index contributed by atoms with van der Waals surface area (Å²) in [6.07, 6.45) is 1.07. The first-order chi connectivity index (χ1) is 8.36. The normalized spacial score (nSPS) is 13.9. The summed E-state index contributed by atoms with van der Waals surface area (Å²) in [5.74, 6) is 0. The highest BCUT2D eigenvalue weighted by molar-refractivity contribution is 5.27. The Morgan fingerprint density at radius 3 is 2.22 bits per heavy atom. The molecule has 0 saturated carbocycles. The Hall–Kier alpha value is -0.860. The molecule has 1 aromatic carbocycles. The first kappa shape index (κ1) is 15.2. The van der Waals surface area contributed by atoms with Crippen LogP contribution < -0.4 is 5.73 Å². The molecule has 1 unspecified atom stereocenters. The molecule has 0 aromatic heterocycles. The summed E-state index contributed by atoms with van der Waals surface area (Å²) < 4.78 is 0. The molecule has 2 N–H and O–H groups in total. The smallest absolute Gasteiger partial charge is 0.0180 e. The predicted octanol–water partition coefficient (Wildman–Crippen LogP) is 3.05. The van der Waals surface area contributed by atoms with Gasteiger partial charge in [0.15, 0.2) is 0 Å². The van der Waals surface area contributed by atoms with Gasteiger partial charge in [-0.2, -0.15) is 0 Å². The molecule has 1 atom stereocenters. The lowest BCUT2D eigenvalue weighted by atomic mass is 9.87. The number of likely N-dealkylation sites (N-methyl/N-ethyl adjacent to an activating group) is 1. The summed E-state index contributed by atoms with van der Waals surface area (Å²) in [5.41, 5.74) is 8.75. The molecule has 0 aliphatic rings. The van der Waals surface area contributed by atoms with Crippen molar-refractivity contribution in [1.82, 2.24) is 4.90 Å². The molecule has 18 heavy (non-hydrogen) atoms. The van der Waals surface area contributed by atoms with E-state index in [-0.39, 0.29) is 0 Å². The average molecular weight is 248 g/mol. The molecule has 0 saturated heterocycles. The van der Waals surface area contributed by atoms with Gasteiger partial charge in [-0.1, -0.05) is 45.0 Å². The molecule has 0 aliphatic heterocycles. The van der Waals surface area contributed by atoms with E-state index in [1.165, 1.54) is 11.1 Å². The Labute approximate surface area is 112 Å². The van der Waals surface area contributed by atoms with E-state index in [1.54, 1.807) is 0 Å². The van der Waals surface area contributed by atoms with Crippen molar-refractivity contribution < 1.29 is 0 Å². The van der Waals surface area contributed by atoms with Crippen LogP contribution in [0.5, 0.6) is 0 Å². The Kier molecular flexibility index (Phi) is 5.36.